The second-order valence-electron chi connectivity index (χ2n) is 4.66. The molecule has 0 bridgehead atoms. The van der Waals surface area contributed by atoms with Crippen LogP contribution in [0.4, 0.5) is 5.69 Å². The second-order valence-corrected chi connectivity index (χ2v) is 7.42. The van der Waals surface area contributed by atoms with Gasteiger partial charge < -0.3 is 14.9 Å². The van der Waals surface area contributed by atoms with Crippen LogP contribution in [-0.2, 0) is 4.79 Å². The van der Waals surface area contributed by atoms with E-state index < -0.39 is 5.97 Å². The van der Waals surface area contributed by atoms with Gasteiger partial charge in [-0.1, -0.05) is 47.9 Å². The molecule has 1 N–H and O–H groups in total. The Morgan fingerprint density at radius 1 is 1.38 bits per heavy atom. The van der Waals surface area contributed by atoms with Crippen LogP contribution in [0, 0.1) is 0 Å². The van der Waals surface area contributed by atoms with Gasteiger partial charge in [-0.25, -0.2) is 0 Å². The van der Waals surface area contributed by atoms with Gasteiger partial charge >= 0.3 is 5.97 Å². The van der Waals surface area contributed by atoms with Crippen molar-refractivity contribution < 1.29 is 9.90 Å². The van der Waals surface area contributed by atoms with E-state index >= 15 is 0 Å². The molecule has 21 heavy (non-hydrogen) atoms. The first-order valence-corrected chi connectivity index (χ1v) is 8.60. The molecule has 2 aliphatic rings. The number of aliphatic carboxylic acids is 1. The van der Waals surface area contributed by atoms with Crippen molar-refractivity contribution in [2.75, 3.05) is 24.5 Å². The van der Waals surface area contributed by atoms with Crippen molar-refractivity contribution in [2.45, 2.75) is 11.8 Å². The first kappa shape index (κ1) is 14.7. The van der Waals surface area contributed by atoms with Crippen molar-refractivity contribution in [1.82, 2.24) is 4.90 Å². The fourth-order valence-corrected chi connectivity index (χ4v) is 5.11. The lowest BCUT2D eigenvalue weighted by Gasteiger charge is -2.19. The molecule has 2 aliphatic heterocycles. The van der Waals surface area contributed by atoms with Crippen LogP contribution < -0.4 is 4.90 Å². The van der Waals surface area contributed by atoms with Crippen molar-refractivity contribution in [3.8, 4) is 0 Å². The summed E-state index contributed by atoms with van der Waals surface area (Å²) < 4.78 is 0.646. The van der Waals surface area contributed by atoms with Gasteiger partial charge in [0.2, 0.25) is 0 Å². The van der Waals surface area contributed by atoms with Crippen LogP contribution in [0.5, 0.6) is 0 Å². The molecule has 0 atom stereocenters. The molecule has 0 amide bonds. The number of hydrogen-bond acceptors (Lipinski definition) is 5. The number of carboxylic acids is 1. The first-order chi connectivity index (χ1) is 10.1. The van der Waals surface area contributed by atoms with Gasteiger partial charge in [-0.15, -0.1) is 0 Å². The van der Waals surface area contributed by atoms with Crippen molar-refractivity contribution in [1.29, 1.82) is 0 Å². The summed E-state index contributed by atoms with van der Waals surface area (Å²) in [5, 5.41) is 10.1. The van der Waals surface area contributed by atoms with E-state index in [0.29, 0.717) is 10.9 Å². The van der Waals surface area contributed by atoms with Crippen molar-refractivity contribution in [3.63, 3.8) is 0 Å². The predicted molar refractivity (Wildman–Crippen MR) is 91.7 cm³/mol. The normalized spacial score (nSPS) is 21.1. The molecule has 7 heteroatoms. The minimum Gasteiger partial charge on any atom is -0.480 e. The molecule has 1 aromatic carbocycles. The fourth-order valence-electron chi connectivity index (χ4n) is 2.39. The number of para-hydroxylation sites is 1. The molecule has 1 saturated heterocycles. The maximum atomic E-state index is 10.9. The van der Waals surface area contributed by atoms with Crippen molar-refractivity contribution >= 4 is 51.7 Å². The van der Waals surface area contributed by atoms with Crippen LogP contribution in [0.25, 0.3) is 0 Å². The van der Waals surface area contributed by atoms with E-state index in [1.54, 1.807) is 16.7 Å². The molecular formula is C14H14N2O2S3. The van der Waals surface area contributed by atoms with E-state index in [1.807, 2.05) is 12.1 Å². The number of rotatable bonds is 3. The highest BCUT2D eigenvalue weighted by Gasteiger charge is 2.32. The standard InChI is InChI=1S/C14H14N2O2S3/c1-2-16-9-5-3-4-6-10(9)20-13(16)11-7-15(8-12(17)18)14(19)21-11/h3-6H,2,7-8H2,1H3,(H,17,18)/b13-11+. The first-order valence-electron chi connectivity index (χ1n) is 6.56. The van der Waals surface area contributed by atoms with E-state index in [2.05, 4.69) is 24.0 Å². The monoisotopic (exact) mass is 338 g/mol. The Balaban J connectivity index is 1.90. The highest BCUT2D eigenvalue weighted by molar-refractivity contribution is 8.26. The topological polar surface area (TPSA) is 43.8 Å². The largest absolute Gasteiger partial charge is 0.480 e. The highest BCUT2D eigenvalue weighted by Crippen LogP contribution is 2.49. The number of anilines is 1. The van der Waals surface area contributed by atoms with Crippen molar-refractivity contribution in [2.24, 2.45) is 0 Å². The number of hydrogen-bond donors (Lipinski definition) is 1. The molecule has 0 aromatic heterocycles. The van der Waals surface area contributed by atoms with Gasteiger partial charge in [0.15, 0.2) is 0 Å². The number of carboxylic acid groups (broad SMARTS) is 1. The Labute approximate surface area is 137 Å². The average molecular weight is 338 g/mol. The minimum absolute atomic E-state index is 0.0354. The summed E-state index contributed by atoms with van der Waals surface area (Å²) in [5.41, 5.74) is 1.22. The Hall–Kier alpha value is -1.18. The summed E-state index contributed by atoms with van der Waals surface area (Å²) in [6, 6.07) is 8.31. The number of carbonyl (C=O) groups is 1. The predicted octanol–water partition coefficient (Wildman–Crippen LogP) is 3.21. The molecule has 0 saturated carbocycles. The summed E-state index contributed by atoms with van der Waals surface area (Å²) in [6.07, 6.45) is 0. The highest BCUT2D eigenvalue weighted by atomic mass is 32.2. The molecule has 1 aromatic rings. The van der Waals surface area contributed by atoms with Crippen LogP contribution in [0.15, 0.2) is 39.1 Å². The van der Waals surface area contributed by atoms with E-state index in [-0.39, 0.29) is 6.54 Å². The van der Waals surface area contributed by atoms with Gasteiger partial charge in [0, 0.05) is 16.3 Å². The number of benzene rings is 1. The number of nitrogens with zero attached hydrogens (tertiary/aromatic N) is 2. The van der Waals surface area contributed by atoms with E-state index in [1.165, 1.54) is 27.4 Å². The zero-order chi connectivity index (χ0) is 15.0. The lowest BCUT2D eigenvalue weighted by molar-refractivity contribution is -0.137. The van der Waals surface area contributed by atoms with E-state index in [0.717, 1.165) is 11.4 Å². The van der Waals surface area contributed by atoms with Gasteiger partial charge in [0.25, 0.3) is 0 Å². The van der Waals surface area contributed by atoms with Gasteiger partial charge in [-0.2, -0.15) is 0 Å². The third-order valence-electron chi connectivity index (χ3n) is 3.29. The van der Waals surface area contributed by atoms with Gasteiger partial charge in [0.1, 0.15) is 10.9 Å². The molecular weight excluding hydrogens is 324 g/mol. The fraction of sp³-hybridized carbons (Fsp3) is 0.286. The van der Waals surface area contributed by atoms with Crippen molar-refractivity contribution in [3.05, 3.63) is 34.2 Å². The smallest absolute Gasteiger partial charge is 0.323 e. The molecule has 0 unspecified atom stereocenters. The maximum absolute atomic E-state index is 10.9. The van der Waals surface area contributed by atoms with Crippen LogP contribution in [0.3, 0.4) is 0 Å². The number of thiocarbonyl (C=S) groups is 1. The summed E-state index contributed by atoms with van der Waals surface area (Å²) >= 11 is 8.55. The number of thioether (sulfide) groups is 2. The molecule has 1 fully saturated rings. The van der Waals surface area contributed by atoms with E-state index in [9.17, 15) is 4.79 Å². The van der Waals surface area contributed by atoms with E-state index in [4.69, 9.17) is 17.3 Å². The van der Waals surface area contributed by atoms with Gasteiger partial charge in [-0.05, 0) is 19.1 Å². The maximum Gasteiger partial charge on any atom is 0.323 e. The summed E-state index contributed by atoms with van der Waals surface area (Å²) in [7, 11) is 0. The SMILES string of the molecule is CCN1/C(=C2/CN(CC(=O)O)C(=S)S2)Sc2ccccc21. The average Bonchev–Trinajstić information content (AvgIpc) is 2.99. The quantitative estimate of drug-likeness (QED) is 0.849. The summed E-state index contributed by atoms with van der Waals surface area (Å²) in [4.78, 5) is 17.3. The molecule has 3 rings (SSSR count). The molecule has 2 heterocycles. The zero-order valence-corrected chi connectivity index (χ0v) is 13.9. The molecule has 0 aliphatic carbocycles. The Morgan fingerprint density at radius 2 is 2.14 bits per heavy atom. The molecule has 4 nitrogen and oxygen atoms in total. The zero-order valence-electron chi connectivity index (χ0n) is 11.4. The molecule has 0 spiro atoms. The molecule has 110 valence electrons. The third-order valence-corrected chi connectivity index (χ3v) is 6.16. The van der Waals surface area contributed by atoms with Crippen LogP contribution >= 0.6 is 35.7 Å². The van der Waals surface area contributed by atoms with Gasteiger partial charge in [0.05, 0.1) is 17.3 Å². The second kappa shape index (κ2) is 5.90. The third kappa shape index (κ3) is 2.77. The Kier molecular flexibility index (Phi) is 4.14. The van der Waals surface area contributed by atoms with Gasteiger partial charge in [-0.3, -0.25) is 4.79 Å². The number of fused-ring (bicyclic) bond motifs is 1. The summed E-state index contributed by atoms with van der Waals surface area (Å²) in [6.45, 7) is 3.56. The lowest BCUT2D eigenvalue weighted by Crippen LogP contribution is -2.29. The lowest BCUT2D eigenvalue weighted by atomic mass is 10.3. The Bertz CT molecular complexity index is 645. The van der Waals surface area contributed by atoms with Crippen LogP contribution in [0.1, 0.15) is 6.92 Å². The molecule has 0 radical (unpaired) electrons. The minimum atomic E-state index is -0.848. The summed E-state index contributed by atoms with van der Waals surface area (Å²) in [5.74, 6) is -0.848. The van der Waals surface area contributed by atoms with Crippen LogP contribution in [-0.4, -0.2) is 39.9 Å². The Morgan fingerprint density at radius 3 is 2.86 bits per heavy atom. The van der Waals surface area contributed by atoms with Crippen LogP contribution in [0.2, 0.25) is 0 Å².